The summed E-state index contributed by atoms with van der Waals surface area (Å²) in [7, 11) is -4.07. The zero-order chi connectivity index (χ0) is 12.3. The van der Waals surface area contributed by atoms with Crippen LogP contribution in [0.3, 0.4) is 0 Å². The fraction of sp³-hybridized carbons (Fsp3) is 0.889. The van der Waals surface area contributed by atoms with Gasteiger partial charge in [0.1, 0.15) is 0 Å². The van der Waals surface area contributed by atoms with Gasteiger partial charge in [-0.15, -0.1) is 0 Å². The largest absolute Gasteiger partial charge is 0.350 e. The number of carbonyl (C=O) groups is 1. The average molecular weight is 237 g/mol. The fourth-order valence-electron chi connectivity index (χ4n) is 1.29. The molecule has 5 nitrogen and oxygen atoms in total. The second kappa shape index (κ2) is 4.94. The van der Waals surface area contributed by atoms with Crippen molar-refractivity contribution in [2.45, 2.75) is 39.7 Å². The SMILES string of the molecule is CC(C)CC(=O)NC(C)(C)CS(=O)(=O)O. The van der Waals surface area contributed by atoms with E-state index in [1.807, 2.05) is 13.8 Å². The Hall–Kier alpha value is -0.620. The number of rotatable bonds is 5. The molecule has 0 aromatic carbocycles. The second-order valence-corrected chi connectivity index (χ2v) is 6.21. The van der Waals surface area contributed by atoms with Crippen LogP contribution in [0.2, 0.25) is 0 Å². The molecule has 0 saturated heterocycles. The molecule has 0 radical (unpaired) electrons. The molecule has 0 bridgehead atoms. The van der Waals surface area contributed by atoms with Crippen LogP contribution in [-0.2, 0) is 14.9 Å². The number of amides is 1. The summed E-state index contributed by atoms with van der Waals surface area (Å²) in [5.41, 5.74) is -0.945. The van der Waals surface area contributed by atoms with E-state index in [0.717, 1.165) is 0 Å². The van der Waals surface area contributed by atoms with E-state index in [1.54, 1.807) is 13.8 Å². The van der Waals surface area contributed by atoms with Gasteiger partial charge in [0.2, 0.25) is 5.91 Å². The summed E-state index contributed by atoms with van der Waals surface area (Å²) < 4.78 is 30.0. The van der Waals surface area contributed by atoms with Crippen molar-refractivity contribution in [2.75, 3.05) is 5.75 Å². The molecule has 0 fully saturated rings. The molecule has 1 amide bonds. The van der Waals surface area contributed by atoms with Crippen molar-refractivity contribution in [1.29, 1.82) is 0 Å². The third-order valence-electron chi connectivity index (χ3n) is 1.61. The van der Waals surface area contributed by atoms with E-state index in [0.29, 0.717) is 6.42 Å². The molecule has 0 saturated carbocycles. The first-order valence-corrected chi connectivity index (χ1v) is 6.39. The molecule has 0 aromatic heterocycles. The summed E-state index contributed by atoms with van der Waals surface area (Å²) in [5, 5.41) is 2.57. The standard InChI is InChI=1S/C9H19NO4S/c1-7(2)5-8(11)10-9(3,4)6-15(12,13)14/h7H,5-6H2,1-4H3,(H,10,11)(H,12,13,14). The van der Waals surface area contributed by atoms with Crippen molar-refractivity contribution in [2.24, 2.45) is 5.92 Å². The van der Waals surface area contributed by atoms with Crippen LogP contribution in [0.1, 0.15) is 34.1 Å². The lowest BCUT2D eigenvalue weighted by Gasteiger charge is -2.25. The van der Waals surface area contributed by atoms with Gasteiger partial charge in [-0.05, 0) is 19.8 Å². The first-order valence-electron chi connectivity index (χ1n) is 4.78. The predicted molar refractivity (Wildman–Crippen MR) is 58.1 cm³/mol. The number of hydrogen-bond donors (Lipinski definition) is 2. The smallest absolute Gasteiger partial charge is 0.267 e. The fourth-order valence-corrected chi connectivity index (χ4v) is 2.28. The molecule has 0 aromatic rings. The van der Waals surface area contributed by atoms with E-state index in [9.17, 15) is 13.2 Å². The first-order chi connectivity index (χ1) is 6.52. The normalized spacial score (nSPS) is 12.9. The van der Waals surface area contributed by atoms with Crippen molar-refractivity contribution in [3.05, 3.63) is 0 Å². The van der Waals surface area contributed by atoms with Crippen LogP contribution < -0.4 is 5.32 Å². The highest BCUT2D eigenvalue weighted by molar-refractivity contribution is 7.85. The zero-order valence-corrected chi connectivity index (χ0v) is 10.4. The minimum atomic E-state index is -4.07. The van der Waals surface area contributed by atoms with Gasteiger partial charge in [0, 0.05) is 6.42 Å². The molecule has 15 heavy (non-hydrogen) atoms. The van der Waals surface area contributed by atoms with Crippen molar-refractivity contribution in [3.8, 4) is 0 Å². The molecular formula is C9H19NO4S. The van der Waals surface area contributed by atoms with Crippen LogP contribution in [0.5, 0.6) is 0 Å². The molecule has 0 aliphatic carbocycles. The maximum absolute atomic E-state index is 11.4. The zero-order valence-electron chi connectivity index (χ0n) is 9.57. The Morgan fingerprint density at radius 3 is 2.20 bits per heavy atom. The quantitative estimate of drug-likeness (QED) is 0.693. The third-order valence-corrected chi connectivity index (χ3v) is 2.70. The second-order valence-electron chi connectivity index (χ2n) is 4.76. The van der Waals surface area contributed by atoms with Gasteiger partial charge in [-0.2, -0.15) is 8.42 Å². The van der Waals surface area contributed by atoms with Gasteiger partial charge < -0.3 is 5.32 Å². The van der Waals surface area contributed by atoms with E-state index in [-0.39, 0.29) is 11.8 Å². The lowest BCUT2D eigenvalue weighted by molar-refractivity contribution is -0.123. The molecule has 6 heteroatoms. The maximum atomic E-state index is 11.4. The first kappa shape index (κ1) is 14.4. The number of carbonyl (C=O) groups excluding carboxylic acids is 1. The van der Waals surface area contributed by atoms with E-state index < -0.39 is 21.4 Å². The van der Waals surface area contributed by atoms with Gasteiger partial charge in [0.25, 0.3) is 10.1 Å². The molecular weight excluding hydrogens is 218 g/mol. The summed E-state index contributed by atoms with van der Waals surface area (Å²) in [5.74, 6) is -0.478. The Kier molecular flexibility index (Phi) is 4.73. The lowest BCUT2D eigenvalue weighted by Crippen LogP contribution is -2.48. The van der Waals surface area contributed by atoms with Crippen LogP contribution in [0.4, 0.5) is 0 Å². The van der Waals surface area contributed by atoms with Crippen molar-refractivity contribution in [3.63, 3.8) is 0 Å². The van der Waals surface area contributed by atoms with Gasteiger partial charge in [-0.25, -0.2) is 0 Å². The van der Waals surface area contributed by atoms with Gasteiger partial charge in [-0.3, -0.25) is 9.35 Å². The summed E-state index contributed by atoms with van der Waals surface area (Å²) in [6.07, 6.45) is 0.342. The molecule has 0 heterocycles. The molecule has 0 unspecified atom stereocenters. The Balaban J connectivity index is 4.32. The lowest BCUT2D eigenvalue weighted by atomic mass is 10.1. The monoisotopic (exact) mass is 237 g/mol. The molecule has 90 valence electrons. The summed E-state index contributed by atoms with van der Waals surface area (Å²) in [6.45, 7) is 6.91. The van der Waals surface area contributed by atoms with Crippen molar-refractivity contribution < 1.29 is 17.8 Å². The minimum absolute atomic E-state index is 0.210. The molecule has 2 N–H and O–H groups in total. The summed E-state index contributed by atoms with van der Waals surface area (Å²) >= 11 is 0. The van der Waals surface area contributed by atoms with E-state index in [2.05, 4.69) is 5.32 Å². The molecule has 0 aliphatic rings. The molecule has 0 atom stereocenters. The Bertz CT molecular complexity index is 319. The van der Waals surface area contributed by atoms with Crippen LogP contribution in [-0.4, -0.2) is 30.2 Å². The van der Waals surface area contributed by atoms with Crippen molar-refractivity contribution >= 4 is 16.0 Å². The summed E-state index contributed by atoms with van der Waals surface area (Å²) in [4.78, 5) is 11.4. The Labute approximate surface area is 91.0 Å². The molecule has 0 rings (SSSR count). The highest BCUT2D eigenvalue weighted by atomic mass is 32.2. The van der Waals surface area contributed by atoms with Crippen LogP contribution >= 0.6 is 0 Å². The average Bonchev–Trinajstić information content (AvgIpc) is 1.73. The van der Waals surface area contributed by atoms with E-state index >= 15 is 0 Å². The van der Waals surface area contributed by atoms with E-state index in [4.69, 9.17) is 4.55 Å². The molecule has 0 spiro atoms. The van der Waals surface area contributed by atoms with Gasteiger partial charge in [-0.1, -0.05) is 13.8 Å². The van der Waals surface area contributed by atoms with Crippen LogP contribution in [0.15, 0.2) is 0 Å². The highest BCUT2D eigenvalue weighted by Crippen LogP contribution is 2.08. The van der Waals surface area contributed by atoms with Gasteiger partial charge >= 0.3 is 0 Å². The summed E-state index contributed by atoms with van der Waals surface area (Å²) in [6, 6.07) is 0. The minimum Gasteiger partial charge on any atom is -0.350 e. The van der Waals surface area contributed by atoms with Gasteiger partial charge in [0.05, 0.1) is 11.3 Å². The Morgan fingerprint density at radius 2 is 1.87 bits per heavy atom. The maximum Gasteiger partial charge on any atom is 0.267 e. The van der Waals surface area contributed by atoms with Crippen LogP contribution in [0.25, 0.3) is 0 Å². The van der Waals surface area contributed by atoms with Crippen molar-refractivity contribution in [1.82, 2.24) is 5.32 Å². The Morgan fingerprint density at radius 1 is 1.40 bits per heavy atom. The topological polar surface area (TPSA) is 83.5 Å². The predicted octanol–water partition coefficient (Wildman–Crippen LogP) is 0.815. The number of hydrogen-bond acceptors (Lipinski definition) is 3. The third kappa shape index (κ3) is 8.38. The number of nitrogens with one attached hydrogen (secondary N) is 1. The van der Waals surface area contributed by atoms with Crippen LogP contribution in [0, 0.1) is 5.92 Å². The molecule has 0 aliphatic heterocycles. The highest BCUT2D eigenvalue weighted by Gasteiger charge is 2.26. The van der Waals surface area contributed by atoms with Gasteiger partial charge in [0.15, 0.2) is 0 Å². The van der Waals surface area contributed by atoms with E-state index in [1.165, 1.54) is 0 Å².